The van der Waals surface area contributed by atoms with Crippen LogP contribution in [0.2, 0.25) is 0 Å². The Hall–Kier alpha value is -1.69. The van der Waals surface area contributed by atoms with Gasteiger partial charge in [0, 0.05) is 31.7 Å². The van der Waals surface area contributed by atoms with Crippen LogP contribution in [0.25, 0.3) is 0 Å². The van der Waals surface area contributed by atoms with Gasteiger partial charge in [-0.2, -0.15) is 0 Å². The van der Waals surface area contributed by atoms with Crippen LogP contribution in [0, 0.1) is 0 Å². The van der Waals surface area contributed by atoms with Gasteiger partial charge in [-0.1, -0.05) is 13.8 Å². The summed E-state index contributed by atoms with van der Waals surface area (Å²) in [6.07, 6.45) is 3.30. The molecule has 0 atom stereocenters. The van der Waals surface area contributed by atoms with Gasteiger partial charge in [-0.25, -0.2) is 9.97 Å². The van der Waals surface area contributed by atoms with Crippen molar-refractivity contribution in [3.05, 3.63) is 17.7 Å². The fourth-order valence-corrected chi connectivity index (χ4v) is 2.31. The van der Waals surface area contributed by atoms with Crippen molar-refractivity contribution in [1.29, 1.82) is 0 Å². The molecule has 1 saturated heterocycles. The lowest BCUT2D eigenvalue weighted by atomic mass is 9.92. The molecule has 6 nitrogen and oxygen atoms in total. The van der Waals surface area contributed by atoms with Gasteiger partial charge in [0.25, 0.3) is 5.91 Å². The van der Waals surface area contributed by atoms with E-state index in [1.54, 1.807) is 13.2 Å². The van der Waals surface area contributed by atoms with Crippen LogP contribution in [0.5, 0.6) is 0 Å². The molecule has 1 aromatic heterocycles. The summed E-state index contributed by atoms with van der Waals surface area (Å²) in [4.78, 5) is 21.3. The number of anilines is 1. The van der Waals surface area contributed by atoms with Crippen molar-refractivity contribution in [1.82, 2.24) is 15.3 Å². The molecule has 0 aromatic carbocycles. The molecule has 0 bridgehead atoms. The fourth-order valence-electron chi connectivity index (χ4n) is 2.31. The molecule has 0 saturated carbocycles. The first kappa shape index (κ1) is 15.7. The lowest BCUT2D eigenvalue weighted by Gasteiger charge is -2.34. The van der Waals surface area contributed by atoms with Crippen LogP contribution in [-0.4, -0.2) is 41.7 Å². The molecule has 1 aromatic rings. The van der Waals surface area contributed by atoms with Crippen LogP contribution in [0.3, 0.4) is 0 Å². The zero-order valence-electron chi connectivity index (χ0n) is 13.2. The molecule has 21 heavy (non-hydrogen) atoms. The first-order valence-electron chi connectivity index (χ1n) is 7.40. The minimum Gasteiger partial charge on any atom is -0.385 e. The molecule has 2 rings (SSSR count). The number of aromatic nitrogens is 2. The van der Waals surface area contributed by atoms with Crippen LogP contribution in [-0.2, 0) is 4.74 Å². The molecule has 116 valence electrons. The lowest BCUT2D eigenvalue weighted by molar-refractivity contribution is 0.0421. The second-order valence-electron chi connectivity index (χ2n) is 6.02. The molecule has 0 spiro atoms. The number of nitrogens with zero attached hydrogens (tertiary/aromatic N) is 2. The molecule has 2 N–H and O–H groups in total. The fraction of sp³-hybridized carbons (Fsp3) is 0.667. The van der Waals surface area contributed by atoms with Gasteiger partial charge in [-0.05, 0) is 19.8 Å². The van der Waals surface area contributed by atoms with Gasteiger partial charge < -0.3 is 15.4 Å². The van der Waals surface area contributed by atoms with Crippen molar-refractivity contribution in [2.45, 2.75) is 45.1 Å². The zero-order valence-corrected chi connectivity index (χ0v) is 13.2. The Kier molecular flexibility index (Phi) is 4.77. The number of carbonyl (C=O) groups excluding carboxylic acids is 1. The summed E-state index contributed by atoms with van der Waals surface area (Å²) in [6, 6.07) is 0. The maximum Gasteiger partial charge on any atom is 0.272 e. The van der Waals surface area contributed by atoms with Gasteiger partial charge in [0.2, 0.25) is 0 Å². The van der Waals surface area contributed by atoms with E-state index in [0.29, 0.717) is 30.4 Å². The van der Waals surface area contributed by atoms with Crippen LogP contribution in [0.1, 0.15) is 55.8 Å². The maximum absolute atomic E-state index is 12.6. The number of rotatable bonds is 4. The van der Waals surface area contributed by atoms with E-state index in [4.69, 9.17) is 4.74 Å². The molecule has 6 heteroatoms. The van der Waals surface area contributed by atoms with Crippen LogP contribution >= 0.6 is 0 Å². The zero-order chi connectivity index (χ0) is 15.5. The van der Waals surface area contributed by atoms with E-state index in [1.165, 1.54) is 0 Å². The van der Waals surface area contributed by atoms with E-state index < -0.39 is 0 Å². The molecule has 0 unspecified atom stereocenters. The Morgan fingerprint density at radius 1 is 1.38 bits per heavy atom. The minimum absolute atomic E-state index is 0.159. The van der Waals surface area contributed by atoms with E-state index in [9.17, 15) is 4.79 Å². The summed E-state index contributed by atoms with van der Waals surface area (Å²) in [5.74, 6) is 0.699. The molecular formula is C15H24N4O2. The molecule has 1 amide bonds. The van der Waals surface area contributed by atoms with Crippen molar-refractivity contribution in [3.63, 3.8) is 0 Å². The number of hydrogen-bond acceptors (Lipinski definition) is 5. The molecule has 2 heterocycles. The van der Waals surface area contributed by atoms with Crippen LogP contribution in [0.15, 0.2) is 6.20 Å². The Bertz CT molecular complexity index is 510. The van der Waals surface area contributed by atoms with Gasteiger partial charge in [-0.15, -0.1) is 0 Å². The van der Waals surface area contributed by atoms with E-state index in [2.05, 4.69) is 27.5 Å². The third-order valence-corrected chi connectivity index (χ3v) is 3.82. The van der Waals surface area contributed by atoms with Gasteiger partial charge in [0.1, 0.15) is 5.82 Å². The Morgan fingerprint density at radius 2 is 2.05 bits per heavy atom. The third kappa shape index (κ3) is 3.69. The van der Waals surface area contributed by atoms with Gasteiger partial charge >= 0.3 is 0 Å². The second kappa shape index (κ2) is 6.39. The number of ether oxygens (including phenoxy) is 1. The van der Waals surface area contributed by atoms with Crippen molar-refractivity contribution in [2.75, 3.05) is 25.6 Å². The number of carbonyl (C=O) groups is 1. The minimum atomic E-state index is -0.233. The van der Waals surface area contributed by atoms with Gasteiger partial charge in [-0.3, -0.25) is 4.79 Å². The summed E-state index contributed by atoms with van der Waals surface area (Å²) in [6.45, 7) is 7.43. The van der Waals surface area contributed by atoms with E-state index >= 15 is 0 Å². The predicted octanol–water partition coefficient (Wildman–Crippen LogP) is 1.94. The highest BCUT2D eigenvalue weighted by Gasteiger charge is 2.30. The first-order valence-corrected chi connectivity index (χ1v) is 7.40. The van der Waals surface area contributed by atoms with E-state index in [1.807, 2.05) is 13.8 Å². The highest BCUT2D eigenvalue weighted by atomic mass is 16.5. The molecule has 0 radical (unpaired) electrons. The molecule has 0 aliphatic carbocycles. The lowest BCUT2D eigenvalue weighted by Crippen LogP contribution is -2.49. The Balaban J connectivity index is 2.22. The summed E-state index contributed by atoms with van der Waals surface area (Å²) >= 11 is 0. The largest absolute Gasteiger partial charge is 0.385 e. The monoisotopic (exact) mass is 292 g/mol. The smallest absolute Gasteiger partial charge is 0.272 e. The van der Waals surface area contributed by atoms with Crippen LogP contribution in [0.4, 0.5) is 5.69 Å². The standard InChI is InChI=1S/C15H24N4O2/c1-10(2)13-17-9-11(16-4)12(18-13)14(20)19-15(3)5-7-21-8-6-15/h9-10,16H,5-8H2,1-4H3,(H,19,20). The predicted molar refractivity (Wildman–Crippen MR) is 81.6 cm³/mol. The van der Waals surface area contributed by atoms with Crippen molar-refractivity contribution >= 4 is 11.6 Å². The summed E-state index contributed by atoms with van der Waals surface area (Å²) in [5, 5.41) is 6.09. The maximum atomic E-state index is 12.6. The van der Waals surface area contributed by atoms with Crippen LogP contribution < -0.4 is 10.6 Å². The average molecular weight is 292 g/mol. The molecule has 1 aliphatic rings. The average Bonchev–Trinajstić information content (AvgIpc) is 2.46. The van der Waals surface area contributed by atoms with Gasteiger partial charge in [0.15, 0.2) is 5.69 Å². The van der Waals surface area contributed by atoms with Crippen molar-refractivity contribution < 1.29 is 9.53 Å². The Morgan fingerprint density at radius 3 is 2.62 bits per heavy atom. The third-order valence-electron chi connectivity index (χ3n) is 3.82. The molecular weight excluding hydrogens is 268 g/mol. The number of nitrogens with one attached hydrogen (secondary N) is 2. The highest BCUT2D eigenvalue weighted by Crippen LogP contribution is 2.22. The van der Waals surface area contributed by atoms with Gasteiger partial charge in [0.05, 0.1) is 11.9 Å². The van der Waals surface area contributed by atoms with Crippen molar-refractivity contribution in [2.24, 2.45) is 0 Å². The molecule has 1 fully saturated rings. The number of hydrogen-bond donors (Lipinski definition) is 2. The second-order valence-corrected chi connectivity index (χ2v) is 6.02. The normalized spacial score (nSPS) is 17.6. The summed E-state index contributed by atoms with van der Waals surface area (Å²) < 4.78 is 5.36. The summed E-state index contributed by atoms with van der Waals surface area (Å²) in [7, 11) is 1.76. The molecule has 1 aliphatic heterocycles. The quantitative estimate of drug-likeness (QED) is 0.887. The highest BCUT2D eigenvalue weighted by molar-refractivity contribution is 5.97. The topological polar surface area (TPSA) is 76.1 Å². The first-order chi connectivity index (χ1) is 9.95. The Labute approximate surface area is 125 Å². The SMILES string of the molecule is CNc1cnc(C(C)C)nc1C(=O)NC1(C)CCOCC1. The summed E-state index contributed by atoms with van der Waals surface area (Å²) in [5.41, 5.74) is 0.819. The van der Waals surface area contributed by atoms with E-state index in [0.717, 1.165) is 12.8 Å². The van der Waals surface area contributed by atoms with Crippen molar-refractivity contribution in [3.8, 4) is 0 Å². The number of amides is 1. The van der Waals surface area contributed by atoms with E-state index in [-0.39, 0.29) is 17.4 Å².